The Morgan fingerprint density at radius 3 is 2.37 bits per heavy atom. The molecule has 2 aromatic rings. The smallest absolute Gasteiger partial charge is 0.256 e. The number of benzene rings is 1. The minimum absolute atomic E-state index is 0.00346. The van der Waals surface area contributed by atoms with Crippen molar-refractivity contribution in [3.8, 4) is 0 Å². The zero-order valence-electron chi connectivity index (χ0n) is 16.1. The maximum atomic E-state index is 12.9. The summed E-state index contributed by atoms with van der Waals surface area (Å²) < 4.78 is 0. The fraction of sp³-hybridized carbons (Fsp3) is 0.429. The highest BCUT2D eigenvalue weighted by atomic mass is 32.1. The molecule has 0 spiro atoms. The number of carbonyl (C=O) groups is 2. The summed E-state index contributed by atoms with van der Waals surface area (Å²) in [5.41, 5.74) is 2.37. The maximum absolute atomic E-state index is 12.9. The Bertz CT molecular complexity index is 790. The van der Waals surface area contributed by atoms with Crippen LogP contribution in [0.4, 0.5) is 5.00 Å². The summed E-state index contributed by atoms with van der Waals surface area (Å²) in [6.45, 7) is 5.73. The van der Waals surface area contributed by atoms with Crippen molar-refractivity contribution in [1.29, 1.82) is 0 Å². The van der Waals surface area contributed by atoms with Gasteiger partial charge in [0.25, 0.3) is 11.8 Å². The zero-order valence-corrected chi connectivity index (χ0v) is 16.9. The summed E-state index contributed by atoms with van der Waals surface area (Å²) in [7, 11) is 1.96. The van der Waals surface area contributed by atoms with Crippen LogP contribution in [0.15, 0.2) is 35.7 Å². The number of thiophene rings is 1. The number of likely N-dealkylation sites (tertiary alicyclic amines) is 1. The first-order chi connectivity index (χ1) is 13.0. The molecule has 1 aromatic heterocycles. The van der Waals surface area contributed by atoms with E-state index in [-0.39, 0.29) is 11.8 Å². The van der Waals surface area contributed by atoms with Crippen molar-refractivity contribution in [3.63, 3.8) is 0 Å². The zero-order chi connectivity index (χ0) is 19.4. The molecule has 3 rings (SSSR count). The Hall–Kier alpha value is -2.18. The van der Waals surface area contributed by atoms with Crippen LogP contribution in [0.25, 0.3) is 0 Å². The summed E-state index contributed by atoms with van der Waals surface area (Å²) in [4.78, 5) is 27.3. The first-order valence-electron chi connectivity index (χ1n) is 9.45. The number of piperidine rings is 1. The minimum atomic E-state index is -0.185. The average Bonchev–Trinajstić information content (AvgIpc) is 3.15. The van der Waals surface area contributed by atoms with Gasteiger partial charge in [-0.15, -0.1) is 11.3 Å². The SMILES string of the molecule is CNC1CCN(C(=O)c2ccsc2NC(=O)c2ccc(C(C)C)cc2)CC1. The molecular formula is C21H27N3O2S. The van der Waals surface area contributed by atoms with E-state index in [1.54, 1.807) is 6.07 Å². The van der Waals surface area contributed by atoms with Crippen LogP contribution in [-0.2, 0) is 0 Å². The van der Waals surface area contributed by atoms with Crippen LogP contribution in [-0.4, -0.2) is 42.9 Å². The predicted octanol–water partition coefficient (Wildman–Crippen LogP) is 3.95. The van der Waals surface area contributed by atoms with E-state index in [9.17, 15) is 9.59 Å². The molecule has 1 aromatic carbocycles. The minimum Gasteiger partial charge on any atom is -0.338 e. The van der Waals surface area contributed by atoms with Gasteiger partial charge in [0.05, 0.1) is 5.56 Å². The number of nitrogens with one attached hydrogen (secondary N) is 2. The summed E-state index contributed by atoms with van der Waals surface area (Å²) in [6.07, 6.45) is 1.91. The van der Waals surface area contributed by atoms with E-state index in [1.165, 1.54) is 16.9 Å². The van der Waals surface area contributed by atoms with Gasteiger partial charge in [-0.05, 0) is 54.9 Å². The largest absolute Gasteiger partial charge is 0.338 e. The molecule has 0 unspecified atom stereocenters. The van der Waals surface area contributed by atoms with Gasteiger partial charge in [0.1, 0.15) is 5.00 Å². The van der Waals surface area contributed by atoms with Crippen LogP contribution in [0.5, 0.6) is 0 Å². The second-order valence-electron chi connectivity index (χ2n) is 7.25. The van der Waals surface area contributed by atoms with Gasteiger partial charge in [0.15, 0.2) is 0 Å². The fourth-order valence-electron chi connectivity index (χ4n) is 3.31. The van der Waals surface area contributed by atoms with Crippen LogP contribution in [0.3, 0.4) is 0 Å². The number of nitrogens with zero attached hydrogens (tertiary/aromatic N) is 1. The second-order valence-corrected chi connectivity index (χ2v) is 8.17. The summed E-state index contributed by atoms with van der Waals surface area (Å²) >= 11 is 1.39. The molecule has 27 heavy (non-hydrogen) atoms. The normalized spacial score (nSPS) is 15.2. The van der Waals surface area contributed by atoms with Crippen LogP contribution in [0, 0.1) is 0 Å². The fourth-order valence-corrected chi connectivity index (χ4v) is 4.08. The van der Waals surface area contributed by atoms with Crippen molar-refractivity contribution >= 4 is 28.2 Å². The molecule has 1 fully saturated rings. The molecular weight excluding hydrogens is 358 g/mol. The Morgan fingerprint density at radius 1 is 1.11 bits per heavy atom. The van der Waals surface area contributed by atoms with E-state index in [1.807, 2.05) is 41.6 Å². The van der Waals surface area contributed by atoms with Gasteiger partial charge in [-0.25, -0.2) is 0 Å². The van der Waals surface area contributed by atoms with Gasteiger partial charge in [0, 0.05) is 24.7 Å². The highest BCUT2D eigenvalue weighted by molar-refractivity contribution is 7.14. The summed E-state index contributed by atoms with van der Waals surface area (Å²) in [5, 5.41) is 8.66. The molecule has 2 amide bonds. The lowest BCUT2D eigenvalue weighted by atomic mass is 10.0. The van der Waals surface area contributed by atoms with Crippen molar-refractivity contribution in [2.75, 3.05) is 25.5 Å². The molecule has 1 aliphatic heterocycles. The third-order valence-electron chi connectivity index (χ3n) is 5.15. The number of hydrogen-bond donors (Lipinski definition) is 2. The standard InChI is InChI=1S/C21H27N3O2S/c1-14(2)15-4-6-16(7-5-15)19(25)23-20-18(10-13-27-20)21(26)24-11-8-17(22-3)9-12-24/h4-7,10,13-14,17,22H,8-9,11-12H2,1-3H3,(H,23,25). The molecule has 2 N–H and O–H groups in total. The molecule has 0 bridgehead atoms. The Morgan fingerprint density at radius 2 is 1.78 bits per heavy atom. The van der Waals surface area contributed by atoms with E-state index in [2.05, 4.69) is 24.5 Å². The van der Waals surface area contributed by atoms with Crippen molar-refractivity contribution in [1.82, 2.24) is 10.2 Å². The number of hydrogen-bond acceptors (Lipinski definition) is 4. The molecule has 0 aliphatic carbocycles. The molecule has 0 radical (unpaired) electrons. The van der Waals surface area contributed by atoms with E-state index >= 15 is 0 Å². The van der Waals surface area contributed by atoms with Crippen LogP contribution < -0.4 is 10.6 Å². The Balaban J connectivity index is 1.67. The Kier molecular flexibility index (Phi) is 6.29. The Labute approximate surface area is 164 Å². The molecule has 144 valence electrons. The number of anilines is 1. The molecule has 6 heteroatoms. The van der Waals surface area contributed by atoms with Gasteiger partial charge in [-0.1, -0.05) is 26.0 Å². The van der Waals surface area contributed by atoms with Gasteiger partial charge >= 0.3 is 0 Å². The van der Waals surface area contributed by atoms with Gasteiger partial charge in [-0.3, -0.25) is 9.59 Å². The lowest BCUT2D eigenvalue weighted by Crippen LogP contribution is -2.44. The summed E-state index contributed by atoms with van der Waals surface area (Å²) in [6, 6.07) is 9.90. The monoisotopic (exact) mass is 385 g/mol. The predicted molar refractivity (Wildman–Crippen MR) is 111 cm³/mol. The van der Waals surface area contributed by atoms with Gasteiger partial charge in [0.2, 0.25) is 0 Å². The van der Waals surface area contributed by atoms with Crippen molar-refractivity contribution in [2.24, 2.45) is 0 Å². The maximum Gasteiger partial charge on any atom is 0.256 e. The highest BCUT2D eigenvalue weighted by Crippen LogP contribution is 2.27. The van der Waals surface area contributed by atoms with Crippen LogP contribution in [0.2, 0.25) is 0 Å². The molecule has 1 aliphatic rings. The molecule has 2 heterocycles. The van der Waals surface area contributed by atoms with E-state index < -0.39 is 0 Å². The lowest BCUT2D eigenvalue weighted by molar-refractivity contribution is 0.0709. The van der Waals surface area contributed by atoms with Crippen LogP contribution >= 0.6 is 11.3 Å². The molecule has 0 saturated carbocycles. The first kappa shape index (κ1) is 19.6. The topological polar surface area (TPSA) is 61.4 Å². The van der Waals surface area contributed by atoms with Crippen molar-refractivity contribution in [3.05, 3.63) is 52.4 Å². The molecule has 5 nitrogen and oxygen atoms in total. The number of rotatable bonds is 5. The second kappa shape index (κ2) is 8.67. The van der Waals surface area contributed by atoms with Crippen molar-refractivity contribution < 1.29 is 9.59 Å². The van der Waals surface area contributed by atoms with Gasteiger partial charge in [-0.2, -0.15) is 0 Å². The van der Waals surface area contributed by atoms with E-state index in [4.69, 9.17) is 0 Å². The lowest BCUT2D eigenvalue weighted by Gasteiger charge is -2.31. The van der Waals surface area contributed by atoms with E-state index in [0.29, 0.717) is 28.1 Å². The first-order valence-corrected chi connectivity index (χ1v) is 10.3. The average molecular weight is 386 g/mol. The third-order valence-corrected chi connectivity index (χ3v) is 5.98. The summed E-state index contributed by atoms with van der Waals surface area (Å²) in [5.74, 6) is 0.239. The number of amides is 2. The molecule has 1 saturated heterocycles. The number of carbonyl (C=O) groups excluding carboxylic acids is 2. The van der Waals surface area contributed by atoms with Crippen LogP contribution in [0.1, 0.15) is 58.9 Å². The third kappa shape index (κ3) is 4.57. The quantitative estimate of drug-likeness (QED) is 0.819. The molecule has 0 atom stereocenters. The highest BCUT2D eigenvalue weighted by Gasteiger charge is 2.25. The van der Waals surface area contributed by atoms with E-state index in [0.717, 1.165) is 25.9 Å². The van der Waals surface area contributed by atoms with Crippen molar-refractivity contribution in [2.45, 2.75) is 38.6 Å². The van der Waals surface area contributed by atoms with Gasteiger partial charge < -0.3 is 15.5 Å².